The summed E-state index contributed by atoms with van der Waals surface area (Å²) in [6.07, 6.45) is 1.05. The van der Waals surface area contributed by atoms with Crippen molar-refractivity contribution in [2.45, 2.75) is 246 Å². The highest BCUT2D eigenvalue weighted by Gasteiger charge is 2.44. The average molecular weight is 1450 g/mol. The normalized spacial score (nSPS) is 25.1. The maximum Gasteiger partial charge on any atom is 0.248 e. The number of rotatable bonds is 21. The standard InChI is InChI=1S/C75H116N14O15/c1-16-46(10)62(75(104)88-32-24-19-25-33-88)84-65(94)48(12)78-60(92)41-76-66(95)53-40-59(91)77-47(11)64(93)79-52(35-42(2)3)67(96)85-63(49(13)90)74(103)87(15)58(37-44(6)7)70(99)81-55(39-51-29-22-18-23-30-51)73(102)89-34-26-31-56(89)68(97)83-61(45(8)9)71(100)82-54(38-50-27-20-17-21-28-50)72(101)86(14)57(36-43(4)5)69(98)80-53/h17-18,20-23,27-30,42-49,52-58,61-63,90H,16,19,24-26,31-41H2,1-15H3,(H,76,95)(H,77,91)(H,78,92)(H,79,93)(H,80,98)(H,81,99)(H,82,100)(H,83,97)(H,84,94)(H,85,96)/t46-,47-,48-,49+,52-,53-,54-,55-,56-,57-,58-,61-,62-,63-/m0/s1. The summed E-state index contributed by atoms with van der Waals surface area (Å²) in [6, 6.07) is 1.07. The molecule has 0 aliphatic carbocycles. The minimum Gasteiger partial charge on any atom is -0.391 e. The Morgan fingerprint density at radius 2 is 1.05 bits per heavy atom. The molecule has 3 saturated heterocycles. The lowest BCUT2D eigenvalue weighted by atomic mass is 9.96. The van der Waals surface area contributed by atoms with Crippen LogP contribution in [0.15, 0.2) is 60.7 Å². The van der Waals surface area contributed by atoms with E-state index in [1.165, 1.54) is 39.8 Å². The molecule has 3 heterocycles. The van der Waals surface area contributed by atoms with Gasteiger partial charge in [-0.05, 0) is 113 Å². The Bertz CT molecular complexity index is 3290. The first kappa shape index (κ1) is 85.6. The van der Waals surface area contributed by atoms with Crippen LogP contribution in [0, 0.1) is 29.6 Å². The highest BCUT2D eigenvalue weighted by Crippen LogP contribution is 2.24. The van der Waals surface area contributed by atoms with Gasteiger partial charge in [-0.1, -0.05) is 136 Å². The van der Waals surface area contributed by atoms with Crippen LogP contribution >= 0.6 is 0 Å². The van der Waals surface area contributed by atoms with Crippen LogP contribution < -0.4 is 53.2 Å². The molecule has 2 aromatic carbocycles. The van der Waals surface area contributed by atoms with Gasteiger partial charge in [-0.3, -0.25) is 67.1 Å². The molecular formula is C75H116N14O15. The number of carbonyl (C=O) groups is 14. The number of likely N-dealkylation sites (N-methyl/N-ethyl adjacent to an activating group) is 2. The lowest BCUT2D eigenvalue weighted by Crippen LogP contribution is -2.62. The summed E-state index contributed by atoms with van der Waals surface area (Å²) in [5.74, 6) is -12.9. The third kappa shape index (κ3) is 25.4. The maximum absolute atomic E-state index is 15.3. The second-order valence-electron chi connectivity index (χ2n) is 29.8. The molecule has 14 amide bonds. The Morgan fingerprint density at radius 1 is 0.538 bits per heavy atom. The predicted octanol–water partition coefficient (Wildman–Crippen LogP) is 1.27. The van der Waals surface area contributed by atoms with Gasteiger partial charge in [0.15, 0.2) is 0 Å². The van der Waals surface area contributed by atoms with Crippen molar-refractivity contribution in [3.05, 3.63) is 71.8 Å². The molecule has 3 aliphatic heterocycles. The summed E-state index contributed by atoms with van der Waals surface area (Å²) < 4.78 is 0. The van der Waals surface area contributed by atoms with Gasteiger partial charge in [0.25, 0.3) is 0 Å². The van der Waals surface area contributed by atoms with Gasteiger partial charge in [0.05, 0.1) is 19.1 Å². The van der Waals surface area contributed by atoms with Crippen molar-refractivity contribution in [2.75, 3.05) is 40.3 Å². The van der Waals surface area contributed by atoms with Gasteiger partial charge in [-0.25, -0.2) is 0 Å². The first-order valence-corrected chi connectivity index (χ1v) is 36.9. The molecule has 0 saturated carbocycles. The van der Waals surface area contributed by atoms with Crippen LogP contribution in [0.4, 0.5) is 0 Å². The van der Waals surface area contributed by atoms with Crippen LogP contribution in [0.3, 0.4) is 0 Å². The number of hydrogen-bond acceptors (Lipinski definition) is 15. The Labute approximate surface area is 612 Å². The Balaban J connectivity index is 1.57. The molecule has 104 heavy (non-hydrogen) atoms. The Morgan fingerprint density at radius 3 is 1.58 bits per heavy atom. The number of carbonyl (C=O) groups excluding carboxylic acids is 14. The lowest BCUT2D eigenvalue weighted by molar-refractivity contribution is -0.146. The van der Waals surface area contributed by atoms with E-state index in [0.29, 0.717) is 37.1 Å². The molecule has 0 bridgehead atoms. The summed E-state index contributed by atoms with van der Waals surface area (Å²) in [6.45, 7) is 22.1. The van der Waals surface area contributed by atoms with Gasteiger partial charge in [-0.2, -0.15) is 0 Å². The number of aliphatic hydroxyl groups excluding tert-OH is 1. The van der Waals surface area contributed by atoms with Crippen LogP contribution in [0.5, 0.6) is 0 Å². The topological polar surface area (TPSA) is 392 Å². The average Bonchev–Trinajstić information content (AvgIpc) is 1.75. The van der Waals surface area contributed by atoms with Crippen molar-refractivity contribution in [1.29, 1.82) is 0 Å². The van der Waals surface area contributed by atoms with Crippen LogP contribution in [0.1, 0.15) is 165 Å². The zero-order valence-electron chi connectivity index (χ0n) is 63.4. The first-order valence-electron chi connectivity index (χ1n) is 36.9. The van der Waals surface area contributed by atoms with Crippen LogP contribution in [0.2, 0.25) is 0 Å². The minimum atomic E-state index is -1.85. The molecule has 0 aromatic heterocycles. The largest absolute Gasteiger partial charge is 0.391 e. The van der Waals surface area contributed by atoms with Gasteiger partial charge in [0, 0.05) is 46.6 Å². The van der Waals surface area contributed by atoms with Gasteiger partial charge < -0.3 is 77.9 Å². The van der Waals surface area contributed by atoms with Crippen molar-refractivity contribution >= 4 is 82.7 Å². The Kier molecular flexibility index (Phi) is 33.7. The molecule has 11 N–H and O–H groups in total. The Hall–Kier alpha value is -9.02. The summed E-state index contributed by atoms with van der Waals surface area (Å²) in [5, 5.41) is 37.9. The van der Waals surface area contributed by atoms with Crippen molar-refractivity contribution in [3.63, 3.8) is 0 Å². The fraction of sp³-hybridized carbons (Fsp3) is 0.653. The van der Waals surface area contributed by atoms with Crippen LogP contribution in [0.25, 0.3) is 0 Å². The molecule has 576 valence electrons. The van der Waals surface area contributed by atoms with E-state index in [2.05, 4.69) is 53.2 Å². The predicted molar refractivity (Wildman–Crippen MR) is 389 cm³/mol. The highest BCUT2D eigenvalue weighted by molar-refractivity contribution is 6.01. The summed E-state index contributed by atoms with van der Waals surface area (Å²) in [4.78, 5) is 209. The summed E-state index contributed by atoms with van der Waals surface area (Å²) in [5.41, 5.74) is 1.24. The van der Waals surface area contributed by atoms with E-state index in [1.54, 1.807) is 107 Å². The molecule has 0 radical (unpaired) electrons. The molecule has 29 heteroatoms. The third-order valence-electron chi connectivity index (χ3n) is 19.3. The molecule has 5 rings (SSSR count). The summed E-state index contributed by atoms with van der Waals surface area (Å²) in [7, 11) is 2.66. The second-order valence-corrected chi connectivity index (χ2v) is 29.8. The summed E-state index contributed by atoms with van der Waals surface area (Å²) >= 11 is 0. The van der Waals surface area contributed by atoms with Gasteiger partial charge in [-0.15, -0.1) is 0 Å². The van der Waals surface area contributed by atoms with E-state index < -0.39 is 174 Å². The number of nitrogens with one attached hydrogen (secondary N) is 10. The highest BCUT2D eigenvalue weighted by atomic mass is 16.3. The van der Waals surface area contributed by atoms with E-state index in [9.17, 15) is 57.8 Å². The maximum atomic E-state index is 15.3. The van der Waals surface area contributed by atoms with E-state index in [4.69, 9.17) is 0 Å². The minimum absolute atomic E-state index is 0.0297. The zero-order valence-corrected chi connectivity index (χ0v) is 63.4. The smallest absolute Gasteiger partial charge is 0.248 e. The number of aliphatic hydroxyl groups is 1. The van der Waals surface area contributed by atoms with Gasteiger partial charge >= 0.3 is 0 Å². The molecule has 2 aromatic rings. The first-order chi connectivity index (χ1) is 49.0. The van der Waals surface area contributed by atoms with Gasteiger partial charge in [0.1, 0.15) is 72.5 Å². The van der Waals surface area contributed by atoms with Gasteiger partial charge in [0.2, 0.25) is 82.7 Å². The van der Waals surface area contributed by atoms with Crippen molar-refractivity contribution in [1.82, 2.24) is 72.8 Å². The van der Waals surface area contributed by atoms with E-state index in [-0.39, 0.29) is 74.6 Å². The number of amides is 14. The quantitative estimate of drug-likeness (QED) is 0.0839. The second kappa shape index (κ2) is 40.9. The number of likely N-dealkylation sites (tertiary alicyclic amines) is 1. The molecule has 0 unspecified atom stereocenters. The number of benzene rings is 2. The molecule has 0 spiro atoms. The fourth-order valence-electron chi connectivity index (χ4n) is 13.1. The third-order valence-corrected chi connectivity index (χ3v) is 19.3. The molecule has 14 atom stereocenters. The molecule has 29 nitrogen and oxygen atoms in total. The van der Waals surface area contributed by atoms with E-state index in [1.807, 2.05) is 27.7 Å². The van der Waals surface area contributed by atoms with Crippen LogP contribution in [-0.2, 0) is 80.0 Å². The van der Waals surface area contributed by atoms with Crippen molar-refractivity contribution < 1.29 is 72.2 Å². The number of hydrogen-bond donors (Lipinski definition) is 11. The monoisotopic (exact) mass is 1450 g/mol. The number of nitrogens with zero attached hydrogens (tertiary/aromatic N) is 4. The van der Waals surface area contributed by atoms with Crippen molar-refractivity contribution in [3.8, 4) is 0 Å². The molecular weight excluding hydrogens is 1340 g/mol. The van der Waals surface area contributed by atoms with E-state index >= 15 is 14.4 Å². The fourth-order valence-corrected chi connectivity index (χ4v) is 13.1. The van der Waals surface area contributed by atoms with E-state index in [0.717, 1.165) is 29.1 Å². The van der Waals surface area contributed by atoms with Crippen LogP contribution in [-0.4, -0.2) is 226 Å². The number of piperidine rings is 1. The lowest BCUT2D eigenvalue weighted by Gasteiger charge is -2.35. The number of fused-ring (bicyclic) bond motifs is 1. The molecule has 3 aliphatic rings. The molecule has 3 fully saturated rings. The zero-order chi connectivity index (χ0) is 77.4. The van der Waals surface area contributed by atoms with Crippen molar-refractivity contribution in [2.24, 2.45) is 29.6 Å². The SMILES string of the molecule is CC[C@H](C)[C@H](NC(=O)[C@H](C)NC(=O)CNC(=O)[C@@H]1CC(=O)N[C@@H](C)C(=O)N[C@@H](CC(C)C)C(=O)N[C@@H]([C@@H](C)O)C(=O)N(C)[C@@H](CC(C)C)C(=O)N[C@@H](Cc2ccccc2)C(=O)N2CCC[C@H]2C(=O)N[C@@H](C(C)C)C(=O)N[C@@H](Cc2ccccc2)C(=O)N(C)[C@@H](CC(C)C)C(=O)N1)C(=O)N1CCCCC1.